The number of ether oxygens (including phenoxy) is 1. The van der Waals surface area contributed by atoms with Crippen LogP contribution in [0.3, 0.4) is 0 Å². The predicted molar refractivity (Wildman–Crippen MR) is 79.3 cm³/mol. The van der Waals surface area contributed by atoms with Gasteiger partial charge >= 0.3 is 0 Å². The molecule has 0 saturated heterocycles. The number of nitrogens with zero attached hydrogens (tertiary/aromatic N) is 1. The van der Waals surface area contributed by atoms with Gasteiger partial charge < -0.3 is 10.1 Å². The van der Waals surface area contributed by atoms with E-state index in [4.69, 9.17) is 10.00 Å². The molecule has 0 fully saturated rings. The van der Waals surface area contributed by atoms with Crippen LogP contribution in [0.15, 0.2) is 53.0 Å². The Labute approximate surface area is 121 Å². The Kier molecular flexibility index (Phi) is 4.82. The second-order valence-corrected chi connectivity index (χ2v) is 4.80. The van der Waals surface area contributed by atoms with Crippen molar-refractivity contribution in [1.29, 1.82) is 5.26 Å². The zero-order valence-electron chi connectivity index (χ0n) is 10.3. The van der Waals surface area contributed by atoms with Crippen molar-refractivity contribution < 1.29 is 4.74 Å². The topological polar surface area (TPSA) is 45.0 Å². The van der Waals surface area contributed by atoms with E-state index < -0.39 is 0 Å². The van der Waals surface area contributed by atoms with Crippen LogP contribution in [0.2, 0.25) is 0 Å². The number of nitriles is 1. The van der Waals surface area contributed by atoms with Gasteiger partial charge in [-0.2, -0.15) is 5.26 Å². The Bertz CT molecular complexity index is 575. The molecule has 0 aliphatic heterocycles. The van der Waals surface area contributed by atoms with E-state index in [1.807, 2.05) is 42.5 Å². The first kappa shape index (κ1) is 13.4. The Hall–Kier alpha value is -1.99. The van der Waals surface area contributed by atoms with Crippen molar-refractivity contribution in [2.24, 2.45) is 0 Å². The van der Waals surface area contributed by atoms with Crippen LogP contribution in [0.4, 0.5) is 5.69 Å². The third kappa shape index (κ3) is 4.01. The maximum atomic E-state index is 8.95. The fourth-order valence-electron chi connectivity index (χ4n) is 1.62. The molecule has 2 rings (SSSR count). The van der Waals surface area contributed by atoms with Crippen molar-refractivity contribution in [3.05, 3.63) is 58.6 Å². The number of halogens is 1. The summed E-state index contributed by atoms with van der Waals surface area (Å²) in [6.45, 7) is 1.19. The lowest BCUT2D eigenvalue weighted by Crippen LogP contribution is -2.12. The zero-order chi connectivity index (χ0) is 13.5. The van der Waals surface area contributed by atoms with Crippen LogP contribution in [0, 0.1) is 11.3 Å². The Balaban J connectivity index is 1.81. The predicted octanol–water partition coefficient (Wildman–Crippen LogP) is 3.81. The molecule has 3 nitrogen and oxygen atoms in total. The highest BCUT2D eigenvalue weighted by molar-refractivity contribution is 9.10. The minimum absolute atomic E-state index is 0.543. The molecule has 0 atom stereocenters. The number of anilines is 1. The highest BCUT2D eigenvalue weighted by Crippen LogP contribution is 2.16. The molecule has 4 heteroatoms. The molecule has 0 aliphatic carbocycles. The fourth-order valence-corrected chi connectivity index (χ4v) is 1.88. The van der Waals surface area contributed by atoms with E-state index in [0.29, 0.717) is 18.7 Å². The molecule has 0 aliphatic rings. The minimum atomic E-state index is 0.543. The van der Waals surface area contributed by atoms with Crippen LogP contribution in [-0.4, -0.2) is 13.2 Å². The first-order valence-corrected chi connectivity index (χ1v) is 6.70. The van der Waals surface area contributed by atoms with Gasteiger partial charge in [0.15, 0.2) is 0 Å². The summed E-state index contributed by atoms with van der Waals surface area (Å²) in [6.07, 6.45) is 0. The third-order valence-electron chi connectivity index (χ3n) is 2.55. The second-order valence-electron chi connectivity index (χ2n) is 3.89. The molecular weight excluding hydrogens is 304 g/mol. The molecule has 0 radical (unpaired) electrons. The van der Waals surface area contributed by atoms with Crippen molar-refractivity contribution in [1.82, 2.24) is 0 Å². The van der Waals surface area contributed by atoms with Gasteiger partial charge in [-0.25, -0.2) is 0 Å². The molecule has 96 valence electrons. The van der Waals surface area contributed by atoms with Crippen molar-refractivity contribution in [2.45, 2.75) is 0 Å². The summed E-state index contributed by atoms with van der Waals surface area (Å²) >= 11 is 3.38. The zero-order valence-corrected chi connectivity index (χ0v) is 11.9. The number of para-hydroxylation sites is 1. The lowest BCUT2D eigenvalue weighted by Gasteiger charge is -2.09. The van der Waals surface area contributed by atoms with Crippen LogP contribution >= 0.6 is 15.9 Å². The van der Waals surface area contributed by atoms with Gasteiger partial charge in [-0.1, -0.05) is 28.1 Å². The summed E-state index contributed by atoms with van der Waals surface area (Å²) in [5.41, 5.74) is 1.48. The SMILES string of the molecule is N#Cc1ccccc1NCCOc1ccc(Br)cc1. The molecule has 0 bridgehead atoms. The van der Waals surface area contributed by atoms with Crippen LogP contribution in [0.5, 0.6) is 5.75 Å². The van der Waals surface area contributed by atoms with E-state index in [0.717, 1.165) is 15.9 Å². The lowest BCUT2D eigenvalue weighted by atomic mass is 10.2. The van der Waals surface area contributed by atoms with Gasteiger partial charge in [-0.3, -0.25) is 0 Å². The van der Waals surface area contributed by atoms with Crippen molar-refractivity contribution in [3.8, 4) is 11.8 Å². The first-order valence-electron chi connectivity index (χ1n) is 5.91. The number of hydrogen-bond donors (Lipinski definition) is 1. The van der Waals surface area contributed by atoms with Crippen molar-refractivity contribution >= 4 is 21.6 Å². The molecule has 0 unspecified atom stereocenters. The third-order valence-corrected chi connectivity index (χ3v) is 3.08. The highest BCUT2D eigenvalue weighted by Gasteiger charge is 1.99. The summed E-state index contributed by atoms with van der Waals surface area (Å²) in [5, 5.41) is 12.1. The quantitative estimate of drug-likeness (QED) is 0.853. The maximum Gasteiger partial charge on any atom is 0.119 e. The smallest absolute Gasteiger partial charge is 0.119 e. The number of benzene rings is 2. The van der Waals surface area contributed by atoms with Crippen LogP contribution in [0.1, 0.15) is 5.56 Å². The van der Waals surface area contributed by atoms with Crippen molar-refractivity contribution in [2.75, 3.05) is 18.5 Å². The summed E-state index contributed by atoms with van der Waals surface area (Å²) in [7, 11) is 0. The van der Waals surface area contributed by atoms with Gasteiger partial charge in [-0.15, -0.1) is 0 Å². The molecule has 0 aromatic heterocycles. The van der Waals surface area contributed by atoms with Gasteiger partial charge in [0.2, 0.25) is 0 Å². The summed E-state index contributed by atoms with van der Waals surface area (Å²) in [5.74, 6) is 0.832. The molecule has 0 amide bonds. The molecule has 0 spiro atoms. The summed E-state index contributed by atoms with van der Waals surface area (Å²) < 4.78 is 6.62. The molecular formula is C15H13BrN2O. The Morgan fingerprint density at radius 2 is 1.84 bits per heavy atom. The molecule has 1 N–H and O–H groups in total. The molecule has 2 aromatic rings. The van der Waals surface area contributed by atoms with E-state index in [2.05, 4.69) is 27.3 Å². The molecule has 2 aromatic carbocycles. The number of rotatable bonds is 5. The van der Waals surface area contributed by atoms with E-state index in [-0.39, 0.29) is 0 Å². The number of nitrogens with one attached hydrogen (secondary N) is 1. The highest BCUT2D eigenvalue weighted by atomic mass is 79.9. The monoisotopic (exact) mass is 316 g/mol. The van der Waals surface area contributed by atoms with E-state index >= 15 is 0 Å². The van der Waals surface area contributed by atoms with Gasteiger partial charge in [0.25, 0.3) is 0 Å². The number of hydrogen-bond acceptors (Lipinski definition) is 3. The fraction of sp³-hybridized carbons (Fsp3) is 0.133. The Morgan fingerprint density at radius 1 is 1.11 bits per heavy atom. The van der Waals surface area contributed by atoms with Crippen LogP contribution in [0.25, 0.3) is 0 Å². The van der Waals surface area contributed by atoms with Gasteiger partial charge in [0.05, 0.1) is 11.3 Å². The second kappa shape index (κ2) is 6.81. The first-order chi connectivity index (χ1) is 9.29. The van der Waals surface area contributed by atoms with Crippen LogP contribution in [-0.2, 0) is 0 Å². The van der Waals surface area contributed by atoms with Crippen molar-refractivity contribution in [3.63, 3.8) is 0 Å². The van der Waals surface area contributed by atoms with E-state index in [9.17, 15) is 0 Å². The molecule has 0 saturated carbocycles. The average Bonchev–Trinajstić information content (AvgIpc) is 2.46. The molecule has 19 heavy (non-hydrogen) atoms. The van der Waals surface area contributed by atoms with E-state index in [1.165, 1.54) is 0 Å². The Morgan fingerprint density at radius 3 is 2.58 bits per heavy atom. The minimum Gasteiger partial charge on any atom is -0.492 e. The average molecular weight is 317 g/mol. The summed E-state index contributed by atoms with van der Waals surface area (Å²) in [4.78, 5) is 0. The van der Waals surface area contributed by atoms with Gasteiger partial charge in [-0.05, 0) is 36.4 Å². The van der Waals surface area contributed by atoms with Gasteiger partial charge in [0.1, 0.15) is 18.4 Å². The van der Waals surface area contributed by atoms with Gasteiger partial charge in [0, 0.05) is 11.0 Å². The standard InChI is InChI=1S/C15H13BrN2O/c16-13-5-7-14(8-6-13)19-10-9-18-15-4-2-1-3-12(15)11-17/h1-8,18H,9-10H2. The lowest BCUT2D eigenvalue weighted by molar-refractivity contribution is 0.333. The largest absolute Gasteiger partial charge is 0.492 e. The molecule has 0 heterocycles. The van der Waals surface area contributed by atoms with Crippen LogP contribution < -0.4 is 10.1 Å². The maximum absolute atomic E-state index is 8.95. The normalized spacial score (nSPS) is 9.68. The summed E-state index contributed by atoms with van der Waals surface area (Å²) in [6, 6.07) is 17.3. The van der Waals surface area contributed by atoms with E-state index in [1.54, 1.807) is 6.07 Å².